The Kier molecular flexibility index (Phi) is 9.25. The molecule has 8 nitrogen and oxygen atoms in total. The molecule has 2 rings (SSSR count). The molecular weight excluding hydrogens is 437 g/mol. The average molecular weight is 466 g/mol. The summed E-state index contributed by atoms with van der Waals surface area (Å²) in [7, 11) is 3.23. The second-order valence-electron chi connectivity index (χ2n) is 7.28. The number of benzene rings is 2. The molecule has 0 aromatic heterocycles. The third-order valence-electron chi connectivity index (χ3n) is 4.65. The van der Waals surface area contributed by atoms with Gasteiger partial charge in [-0.1, -0.05) is 17.7 Å². The van der Waals surface area contributed by atoms with Crippen LogP contribution in [0.25, 0.3) is 0 Å². The van der Waals surface area contributed by atoms with Crippen LogP contribution in [-0.4, -0.2) is 44.7 Å². The summed E-state index contributed by atoms with van der Waals surface area (Å²) >= 11 is 5.84. The van der Waals surface area contributed by atoms with E-state index in [2.05, 4.69) is 16.0 Å². The standard InChI is InChI=1S/C22H29ClFN5O3/c1-12(2)32-11-18(22(26)30)28-10-13-8-14(17(27-3)9-19(13)31-4)21(25)29-16-7-5-6-15(23)20(16)24/h5-9,12,18,27-28H,10-11H2,1-4H3,(H2,25,29)(H2,26,30)/t18-/m0/s1. The quantitative estimate of drug-likeness (QED) is 0.256. The zero-order chi connectivity index (χ0) is 23.8. The first-order valence-electron chi connectivity index (χ1n) is 10.0. The largest absolute Gasteiger partial charge is 0.496 e. The van der Waals surface area contributed by atoms with Crippen molar-refractivity contribution in [3.05, 3.63) is 52.3 Å². The van der Waals surface area contributed by atoms with Crippen LogP contribution in [0.15, 0.2) is 30.3 Å². The van der Waals surface area contributed by atoms with Crippen molar-refractivity contribution in [3.63, 3.8) is 0 Å². The van der Waals surface area contributed by atoms with Crippen LogP contribution >= 0.6 is 11.6 Å². The predicted octanol–water partition coefficient (Wildman–Crippen LogP) is 3.34. The molecule has 174 valence electrons. The van der Waals surface area contributed by atoms with Crippen molar-refractivity contribution < 1.29 is 18.7 Å². The molecule has 0 radical (unpaired) electrons. The third-order valence-corrected chi connectivity index (χ3v) is 4.94. The van der Waals surface area contributed by atoms with Gasteiger partial charge in [-0.25, -0.2) is 4.39 Å². The molecule has 6 N–H and O–H groups in total. The topological polar surface area (TPSA) is 121 Å². The van der Waals surface area contributed by atoms with E-state index in [1.807, 2.05) is 13.8 Å². The molecule has 0 unspecified atom stereocenters. The smallest absolute Gasteiger partial charge is 0.236 e. The van der Waals surface area contributed by atoms with Crippen molar-refractivity contribution in [2.24, 2.45) is 5.73 Å². The van der Waals surface area contributed by atoms with Gasteiger partial charge < -0.3 is 25.8 Å². The van der Waals surface area contributed by atoms with Crippen molar-refractivity contribution in [1.29, 1.82) is 5.41 Å². The van der Waals surface area contributed by atoms with Gasteiger partial charge in [-0.3, -0.25) is 15.5 Å². The van der Waals surface area contributed by atoms with Crippen molar-refractivity contribution in [1.82, 2.24) is 5.32 Å². The molecule has 2 aromatic rings. The van der Waals surface area contributed by atoms with Crippen LogP contribution in [0.1, 0.15) is 25.0 Å². The number of hydrogen-bond donors (Lipinski definition) is 5. The maximum atomic E-state index is 14.3. The Morgan fingerprint density at radius 2 is 2.00 bits per heavy atom. The average Bonchev–Trinajstić information content (AvgIpc) is 2.75. The maximum absolute atomic E-state index is 14.3. The minimum atomic E-state index is -0.701. The summed E-state index contributed by atoms with van der Waals surface area (Å²) in [5, 5.41) is 17.3. The van der Waals surface area contributed by atoms with Crippen LogP contribution in [-0.2, 0) is 16.1 Å². The van der Waals surface area contributed by atoms with E-state index in [0.29, 0.717) is 22.6 Å². The van der Waals surface area contributed by atoms with E-state index in [9.17, 15) is 9.18 Å². The lowest BCUT2D eigenvalue weighted by Crippen LogP contribution is -2.44. The second kappa shape index (κ2) is 11.7. The molecule has 1 atom stereocenters. The number of halogens is 2. The fourth-order valence-electron chi connectivity index (χ4n) is 2.93. The Balaban J connectivity index is 2.30. The molecule has 10 heteroatoms. The number of amides is 1. The normalized spacial score (nSPS) is 11.8. The number of hydrogen-bond acceptors (Lipinski definition) is 6. The summed E-state index contributed by atoms with van der Waals surface area (Å²) in [5.41, 5.74) is 7.31. The SMILES string of the molecule is CNc1cc(OC)c(CN[C@@H](COC(C)C)C(N)=O)cc1C(=N)Nc1cccc(Cl)c1F. The highest BCUT2D eigenvalue weighted by Crippen LogP contribution is 2.29. The molecule has 32 heavy (non-hydrogen) atoms. The first-order chi connectivity index (χ1) is 15.2. The number of nitrogens with one attached hydrogen (secondary N) is 4. The minimum absolute atomic E-state index is 0.0441. The number of ether oxygens (including phenoxy) is 2. The molecule has 2 aromatic carbocycles. The minimum Gasteiger partial charge on any atom is -0.496 e. The van der Waals surface area contributed by atoms with Crippen molar-refractivity contribution >= 4 is 34.7 Å². The number of amidine groups is 1. The predicted molar refractivity (Wildman–Crippen MR) is 125 cm³/mol. The number of methoxy groups -OCH3 is 1. The van der Waals surface area contributed by atoms with E-state index in [4.69, 9.17) is 32.2 Å². The van der Waals surface area contributed by atoms with Crippen molar-refractivity contribution in [2.45, 2.75) is 32.5 Å². The van der Waals surface area contributed by atoms with Crippen molar-refractivity contribution in [3.8, 4) is 5.75 Å². The summed E-state index contributed by atoms with van der Waals surface area (Å²) in [4.78, 5) is 11.8. The van der Waals surface area contributed by atoms with Crippen molar-refractivity contribution in [2.75, 3.05) is 31.4 Å². The molecule has 0 fully saturated rings. The highest BCUT2D eigenvalue weighted by molar-refractivity contribution is 6.31. The van der Waals surface area contributed by atoms with Crippen LogP contribution < -0.4 is 26.4 Å². The van der Waals surface area contributed by atoms with E-state index >= 15 is 0 Å². The summed E-state index contributed by atoms with van der Waals surface area (Å²) in [6.45, 7) is 4.09. The number of carbonyl (C=O) groups is 1. The summed E-state index contributed by atoms with van der Waals surface area (Å²) < 4.78 is 25.3. The van der Waals surface area contributed by atoms with Crippen LogP contribution in [0, 0.1) is 11.2 Å². The van der Waals surface area contributed by atoms with Crippen LogP contribution in [0.2, 0.25) is 5.02 Å². The second-order valence-corrected chi connectivity index (χ2v) is 7.69. The first kappa shape index (κ1) is 25.4. The van der Waals surface area contributed by atoms with Crippen LogP contribution in [0.5, 0.6) is 5.75 Å². The Bertz CT molecular complexity index is 971. The molecule has 0 aliphatic heterocycles. The van der Waals surface area contributed by atoms with Crippen LogP contribution in [0.3, 0.4) is 0 Å². The van der Waals surface area contributed by atoms with E-state index in [0.717, 1.165) is 0 Å². The Morgan fingerprint density at radius 1 is 1.28 bits per heavy atom. The lowest BCUT2D eigenvalue weighted by molar-refractivity contribution is -0.122. The summed E-state index contributed by atoms with van der Waals surface area (Å²) in [6, 6.07) is 7.25. The zero-order valence-corrected chi connectivity index (χ0v) is 19.3. The molecule has 0 spiro atoms. The van der Waals surface area contributed by atoms with Gasteiger partial charge in [-0.15, -0.1) is 0 Å². The van der Waals surface area contributed by atoms with Gasteiger partial charge in [0.15, 0.2) is 5.82 Å². The Morgan fingerprint density at radius 3 is 2.59 bits per heavy atom. The first-order valence-corrected chi connectivity index (χ1v) is 10.4. The third kappa shape index (κ3) is 6.56. The number of nitrogens with two attached hydrogens (primary N) is 1. The van der Waals surface area contributed by atoms with Gasteiger partial charge in [0.25, 0.3) is 0 Å². The number of carbonyl (C=O) groups excluding carboxylic acids is 1. The number of anilines is 2. The van der Waals surface area contributed by atoms with Gasteiger partial charge in [0.05, 0.1) is 30.5 Å². The summed E-state index contributed by atoms with van der Waals surface area (Å²) in [5.74, 6) is -0.688. The van der Waals surface area contributed by atoms with E-state index < -0.39 is 17.8 Å². The zero-order valence-electron chi connectivity index (χ0n) is 18.5. The maximum Gasteiger partial charge on any atom is 0.236 e. The fraction of sp³-hybridized carbons (Fsp3) is 0.364. The highest BCUT2D eigenvalue weighted by atomic mass is 35.5. The van der Waals surface area contributed by atoms with Crippen LogP contribution in [0.4, 0.5) is 15.8 Å². The van der Waals surface area contributed by atoms with Gasteiger partial charge in [-0.2, -0.15) is 0 Å². The fourth-order valence-corrected chi connectivity index (χ4v) is 3.11. The Labute approximate surface area is 192 Å². The number of rotatable bonds is 11. The molecule has 0 saturated carbocycles. The van der Waals surface area contributed by atoms with Gasteiger partial charge in [0, 0.05) is 36.5 Å². The molecule has 0 bridgehead atoms. The number of primary amides is 1. The molecule has 0 heterocycles. The Hall–Kier alpha value is -2.88. The van der Waals surface area contributed by atoms with Gasteiger partial charge in [-0.05, 0) is 32.0 Å². The molecular formula is C22H29ClFN5O3. The molecule has 0 saturated heterocycles. The van der Waals surface area contributed by atoms with E-state index in [1.165, 1.54) is 19.2 Å². The summed E-state index contributed by atoms with van der Waals surface area (Å²) in [6.07, 6.45) is -0.0480. The van der Waals surface area contributed by atoms with Gasteiger partial charge in [0.2, 0.25) is 5.91 Å². The molecule has 1 amide bonds. The monoisotopic (exact) mass is 465 g/mol. The van der Waals surface area contributed by atoms with E-state index in [1.54, 1.807) is 25.2 Å². The molecule has 0 aliphatic rings. The van der Waals surface area contributed by atoms with Gasteiger partial charge >= 0.3 is 0 Å². The lowest BCUT2D eigenvalue weighted by atomic mass is 10.0. The lowest BCUT2D eigenvalue weighted by Gasteiger charge is -2.20. The van der Waals surface area contributed by atoms with Gasteiger partial charge in [0.1, 0.15) is 17.6 Å². The molecule has 0 aliphatic carbocycles. The highest BCUT2D eigenvalue weighted by Gasteiger charge is 2.19. The van der Waals surface area contributed by atoms with E-state index in [-0.39, 0.29) is 35.8 Å².